The summed E-state index contributed by atoms with van der Waals surface area (Å²) in [5.74, 6) is 0.648. The van der Waals surface area contributed by atoms with Crippen molar-refractivity contribution in [1.82, 2.24) is 0 Å². The quantitative estimate of drug-likeness (QED) is 0.543. The van der Waals surface area contributed by atoms with Gasteiger partial charge in [-0.1, -0.05) is 48.5 Å². The number of hydrogen-bond acceptors (Lipinski definition) is 2. The van der Waals surface area contributed by atoms with Gasteiger partial charge >= 0.3 is 0 Å². The molecule has 2 heteroatoms. The first-order valence-corrected chi connectivity index (χ1v) is 5.76. The molecule has 16 heavy (non-hydrogen) atoms. The van der Waals surface area contributed by atoms with Crippen molar-refractivity contribution in [2.45, 2.75) is 25.9 Å². The van der Waals surface area contributed by atoms with Crippen molar-refractivity contribution in [1.29, 1.82) is 0 Å². The van der Waals surface area contributed by atoms with Crippen LogP contribution >= 0.6 is 0 Å². The van der Waals surface area contributed by atoms with E-state index in [9.17, 15) is 0 Å². The first-order valence-electron chi connectivity index (χ1n) is 5.76. The molecule has 1 aliphatic rings. The summed E-state index contributed by atoms with van der Waals surface area (Å²) in [6.07, 6.45) is 7.62. The van der Waals surface area contributed by atoms with E-state index in [-0.39, 0.29) is 0 Å². The molecule has 84 valence electrons. The molecule has 0 N–H and O–H groups in total. The molecule has 0 bridgehead atoms. The van der Waals surface area contributed by atoms with Crippen LogP contribution in [0.1, 0.15) is 30.4 Å². The molecule has 1 fully saturated rings. The Balaban J connectivity index is 1.84. The van der Waals surface area contributed by atoms with Crippen LogP contribution in [-0.4, -0.2) is 6.21 Å². The molecule has 0 unspecified atom stereocenters. The predicted octanol–water partition coefficient (Wildman–Crippen LogP) is 3.63. The number of nitrogens with zero attached hydrogens (tertiary/aromatic N) is 1. The Kier molecular flexibility index (Phi) is 3.76. The van der Waals surface area contributed by atoms with Gasteiger partial charge in [0.25, 0.3) is 0 Å². The maximum absolute atomic E-state index is 5.29. The van der Waals surface area contributed by atoms with Gasteiger partial charge in [-0.25, -0.2) is 0 Å². The van der Waals surface area contributed by atoms with E-state index in [1.807, 2.05) is 36.6 Å². The highest BCUT2D eigenvalue weighted by molar-refractivity contribution is 5.60. The van der Waals surface area contributed by atoms with Crippen molar-refractivity contribution in [2.75, 3.05) is 0 Å². The first-order chi connectivity index (χ1) is 7.90. The average Bonchev–Trinajstić information content (AvgIpc) is 2.27. The minimum atomic E-state index is 0.519. The molecule has 0 spiro atoms. The van der Waals surface area contributed by atoms with Gasteiger partial charge in [0.1, 0.15) is 6.61 Å². The molecule has 0 saturated heterocycles. The Labute approximate surface area is 96.6 Å². The van der Waals surface area contributed by atoms with Crippen molar-refractivity contribution in [3.05, 3.63) is 42.0 Å². The minimum Gasteiger partial charge on any atom is -0.391 e. The highest BCUT2D eigenvalue weighted by atomic mass is 16.6. The van der Waals surface area contributed by atoms with Crippen LogP contribution in [0, 0.1) is 5.92 Å². The Morgan fingerprint density at radius 1 is 1.38 bits per heavy atom. The lowest BCUT2D eigenvalue weighted by Gasteiger charge is -2.19. The largest absolute Gasteiger partial charge is 0.391 e. The Bertz CT molecular complexity index is 380. The summed E-state index contributed by atoms with van der Waals surface area (Å²) in [5, 5.41) is 4.00. The van der Waals surface area contributed by atoms with Crippen molar-refractivity contribution >= 4 is 12.3 Å². The molecule has 0 aliphatic heterocycles. The molecule has 1 saturated carbocycles. The third kappa shape index (κ3) is 2.72. The fraction of sp³-hybridized carbons (Fsp3) is 0.357. The second-order valence-electron chi connectivity index (χ2n) is 4.12. The van der Waals surface area contributed by atoms with Gasteiger partial charge in [-0.15, -0.1) is 0 Å². The van der Waals surface area contributed by atoms with E-state index in [0.29, 0.717) is 12.5 Å². The van der Waals surface area contributed by atoms with Crippen molar-refractivity contribution in [3.8, 4) is 0 Å². The van der Waals surface area contributed by atoms with Gasteiger partial charge in [0, 0.05) is 6.21 Å². The molecule has 0 aromatic heterocycles. The summed E-state index contributed by atoms with van der Waals surface area (Å²) in [5.41, 5.74) is 2.24. The van der Waals surface area contributed by atoms with Gasteiger partial charge in [0.05, 0.1) is 0 Å². The van der Waals surface area contributed by atoms with Gasteiger partial charge in [0.2, 0.25) is 0 Å². The summed E-state index contributed by atoms with van der Waals surface area (Å²) < 4.78 is 0. The Hall–Kier alpha value is -1.57. The number of rotatable bonds is 5. The highest BCUT2D eigenvalue weighted by Crippen LogP contribution is 2.24. The van der Waals surface area contributed by atoms with Crippen LogP contribution in [0.2, 0.25) is 0 Å². The maximum Gasteiger partial charge on any atom is 0.142 e. The lowest BCUT2D eigenvalue weighted by atomic mass is 9.87. The summed E-state index contributed by atoms with van der Waals surface area (Å²) in [6, 6.07) is 8.07. The van der Waals surface area contributed by atoms with Crippen molar-refractivity contribution in [2.24, 2.45) is 11.1 Å². The third-order valence-corrected chi connectivity index (χ3v) is 2.99. The zero-order valence-corrected chi connectivity index (χ0v) is 9.43. The predicted molar refractivity (Wildman–Crippen MR) is 67.2 cm³/mol. The van der Waals surface area contributed by atoms with Crippen LogP contribution in [0.4, 0.5) is 0 Å². The van der Waals surface area contributed by atoms with E-state index in [1.54, 1.807) is 0 Å². The van der Waals surface area contributed by atoms with Crippen LogP contribution < -0.4 is 0 Å². The van der Waals surface area contributed by atoms with Gasteiger partial charge in [-0.05, 0) is 29.9 Å². The lowest BCUT2D eigenvalue weighted by molar-refractivity contribution is 0.129. The summed E-state index contributed by atoms with van der Waals surface area (Å²) in [6.45, 7) is 4.30. The van der Waals surface area contributed by atoms with E-state index in [2.05, 4.69) is 11.7 Å². The van der Waals surface area contributed by atoms with Crippen LogP contribution in [-0.2, 0) is 11.4 Å². The molecular formula is C14H17NO. The van der Waals surface area contributed by atoms with Crippen LogP contribution in [0.15, 0.2) is 36.0 Å². The molecule has 0 amide bonds. The van der Waals surface area contributed by atoms with Gasteiger partial charge in [-0.3, -0.25) is 0 Å². The molecule has 0 heterocycles. The summed E-state index contributed by atoms with van der Waals surface area (Å²) in [4.78, 5) is 5.29. The maximum atomic E-state index is 5.29. The standard InChI is InChI=1S/C14H17NO/c1-2-13-8-3-4-9-14(13)11-16-15-10-12-6-5-7-12/h2-4,8-10,12H,1,5-7,11H2. The van der Waals surface area contributed by atoms with E-state index < -0.39 is 0 Å². The molecule has 2 rings (SSSR count). The number of benzene rings is 1. The van der Waals surface area contributed by atoms with Crippen molar-refractivity contribution in [3.63, 3.8) is 0 Å². The highest BCUT2D eigenvalue weighted by Gasteiger charge is 2.14. The second-order valence-corrected chi connectivity index (χ2v) is 4.12. The van der Waals surface area contributed by atoms with Gasteiger partial charge < -0.3 is 4.84 Å². The average molecular weight is 215 g/mol. The number of oxime groups is 1. The van der Waals surface area contributed by atoms with E-state index in [0.717, 1.165) is 11.1 Å². The third-order valence-electron chi connectivity index (χ3n) is 2.99. The zero-order valence-electron chi connectivity index (χ0n) is 9.43. The van der Waals surface area contributed by atoms with Gasteiger partial charge in [-0.2, -0.15) is 0 Å². The second kappa shape index (κ2) is 5.50. The number of hydrogen-bond donors (Lipinski definition) is 0. The molecule has 0 atom stereocenters. The topological polar surface area (TPSA) is 21.6 Å². The van der Waals surface area contributed by atoms with Crippen LogP contribution in [0.5, 0.6) is 0 Å². The molecule has 2 nitrogen and oxygen atoms in total. The monoisotopic (exact) mass is 215 g/mol. The van der Waals surface area contributed by atoms with Crippen LogP contribution in [0.25, 0.3) is 6.08 Å². The lowest BCUT2D eigenvalue weighted by Crippen LogP contribution is -2.11. The molecule has 1 aromatic carbocycles. The summed E-state index contributed by atoms with van der Waals surface area (Å²) >= 11 is 0. The van der Waals surface area contributed by atoms with Crippen molar-refractivity contribution < 1.29 is 4.84 Å². The molecular weight excluding hydrogens is 198 g/mol. The fourth-order valence-corrected chi connectivity index (χ4v) is 1.69. The van der Waals surface area contributed by atoms with Crippen LogP contribution in [0.3, 0.4) is 0 Å². The van der Waals surface area contributed by atoms with E-state index in [1.165, 1.54) is 19.3 Å². The first kappa shape index (κ1) is 10.9. The zero-order chi connectivity index (χ0) is 11.2. The van der Waals surface area contributed by atoms with Gasteiger partial charge in [0.15, 0.2) is 0 Å². The smallest absolute Gasteiger partial charge is 0.142 e. The summed E-state index contributed by atoms with van der Waals surface area (Å²) in [7, 11) is 0. The molecule has 1 aromatic rings. The van der Waals surface area contributed by atoms with E-state index >= 15 is 0 Å². The Morgan fingerprint density at radius 2 is 2.19 bits per heavy atom. The molecule has 0 radical (unpaired) electrons. The Morgan fingerprint density at radius 3 is 2.88 bits per heavy atom. The SMILES string of the molecule is C=Cc1ccccc1CON=CC1CCC1. The minimum absolute atomic E-state index is 0.519. The molecule has 1 aliphatic carbocycles. The normalized spacial score (nSPS) is 16.0. The fourth-order valence-electron chi connectivity index (χ4n) is 1.69. The van der Waals surface area contributed by atoms with E-state index in [4.69, 9.17) is 4.84 Å².